The van der Waals surface area contributed by atoms with Gasteiger partial charge in [-0.25, -0.2) is 4.98 Å². The minimum Gasteiger partial charge on any atom is -0.494 e. The van der Waals surface area contributed by atoms with Crippen LogP contribution in [0.25, 0.3) is 10.9 Å². The summed E-state index contributed by atoms with van der Waals surface area (Å²) in [5.74, 6) is 1.45. The summed E-state index contributed by atoms with van der Waals surface area (Å²) in [4.78, 5) is 26.1. The van der Waals surface area contributed by atoms with Gasteiger partial charge >= 0.3 is 0 Å². The predicted molar refractivity (Wildman–Crippen MR) is 101 cm³/mol. The number of ether oxygens (including phenoxy) is 1. The van der Waals surface area contributed by atoms with Crippen molar-refractivity contribution in [2.75, 3.05) is 38.2 Å². The third-order valence-corrected chi connectivity index (χ3v) is 4.71. The number of aromatic nitrogens is 2. The molecule has 0 unspecified atom stereocenters. The first-order valence-corrected chi connectivity index (χ1v) is 8.65. The molecule has 1 aliphatic heterocycles. The first-order chi connectivity index (χ1) is 12.8. The number of hydrogen-bond acceptors (Lipinski definition) is 5. The lowest BCUT2D eigenvalue weighted by atomic mass is 10.1. The minimum absolute atomic E-state index is 0.0129. The average molecular weight is 348 g/mol. The van der Waals surface area contributed by atoms with E-state index in [-0.39, 0.29) is 5.91 Å². The van der Waals surface area contributed by atoms with Crippen LogP contribution in [-0.4, -0.2) is 54.1 Å². The Hall–Kier alpha value is -3.15. The number of benzene rings is 1. The Kier molecular flexibility index (Phi) is 4.39. The zero-order valence-corrected chi connectivity index (χ0v) is 14.6. The van der Waals surface area contributed by atoms with Crippen LogP contribution in [0.3, 0.4) is 0 Å². The minimum atomic E-state index is -0.0129. The van der Waals surface area contributed by atoms with Crippen LogP contribution < -0.4 is 9.64 Å². The van der Waals surface area contributed by atoms with Gasteiger partial charge in [0.2, 0.25) is 0 Å². The summed E-state index contributed by atoms with van der Waals surface area (Å²) in [6.07, 6.45) is 3.42. The lowest BCUT2D eigenvalue weighted by molar-refractivity contribution is 0.0745. The molecule has 0 aliphatic carbocycles. The third kappa shape index (κ3) is 2.94. The van der Waals surface area contributed by atoms with Crippen LogP contribution in [0.15, 0.2) is 54.9 Å². The second-order valence-electron chi connectivity index (χ2n) is 6.19. The number of carbonyl (C=O) groups is 1. The molecule has 4 rings (SSSR count). The molecule has 6 heteroatoms. The van der Waals surface area contributed by atoms with Gasteiger partial charge in [0.1, 0.15) is 5.82 Å². The number of anilines is 1. The highest BCUT2D eigenvalue weighted by Gasteiger charge is 2.26. The molecule has 1 saturated heterocycles. The molecule has 6 nitrogen and oxygen atoms in total. The summed E-state index contributed by atoms with van der Waals surface area (Å²) in [6.45, 7) is 2.81. The molecular formula is C20H20N4O2. The molecule has 1 fully saturated rings. The maximum absolute atomic E-state index is 13.2. The Bertz CT molecular complexity index is 922. The molecular weight excluding hydrogens is 328 g/mol. The van der Waals surface area contributed by atoms with Crippen molar-refractivity contribution in [1.29, 1.82) is 0 Å². The molecule has 1 amide bonds. The van der Waals surface area contributed by atoms with E-state index in [4.69, 9.17) is 4.74 Å². The largest absolute Gasteiger partial charge is 0.494 e. The topological polar surface area (TPSA) is 58.6 Å². The van der Waals surface area contributed by atoms with E-state index in [0.29, 0.717) is 24.4 Å². The second kappa shape index (κ2) is 7.00. The summed E-state index contributed by atoms with van der Waals surface area (Å²) in [7, 11) is 1.57. The summed E-state index contributed by atoms with van der Waals surface area (Å²) in [5, 5.41) is 0.823. The number of fused-ring (bicyclic) bond motifs is 1. The molecule has 1 aromatic carbocycles. The van der Waals surface area contributed by atoms with Gasteiger partial charge in [0, 0.05) is 37.8 Å². The molecule has 3 heterocycles. The fraction of sp³-hybridized carbons (Fsp3) is 0.250. The Labute approximate surface area is 152 Å². The van der Waals surface area contributed by atoms with Gasteiger partial charge in [-0.05, 0) is 18.2 Å². The Morgan fingerprint density at radius 2 is 1.77 bits per heavy atom. The number of nitrogens with zero attached hydrogens (tertiary/aromatic N) is 4. The maximum Gasteiger partial charge on any atom is 0.258 e. The number of pyridine rings is 2. The fourth-order valence-corrected chi connectivity index (χ4v) is 3.34. The Morgan fingerprint density at radius 1 is 1.00 bits per heavy atom. The van der Waals surface area contributed by atoms with Crippen molar-refractivity contribution < 1.29 is 9.53 Å². The number of piperazine rings is 1. The van der Waals surface area contributed by atoms with Gasteiger partial charge < -0.3 is 14.5 Å². The fourth-order valence-electron chi connectivity index (χ4n) is 3.34. The highest BCUT2D eigenvalue weighted by atomic mass is 16.5. The zero-order valence-electron chi connectivity index (χ0n) is 14.6. The molecule has 3 aromatic rings. The summed E-state index contributed by atoms with van der Waals surface area (Å²) in [6, 6.07) is 13.5. The van der Waals surface area contributed by atoms with Gasteiger partial charge in [0.25, 0.3) is 5.91 Å². The van der Waals surface area contributed by atoms with Crippen LogP contribution in [0.1, 0.15) is 10.4 Å². The van der Waals surface area contributed by atoms with Crippen molar-refractivity contribution in [1.82, 2.24) is 14.9 Å². The van der Waals surface area contributed by atoms with Crippen LogP contribution in [-0.2, 0) is 0 Å². The van der Waals surface area contributed by atoms with E-state index in [1.165, 1.54) is 0 Å². The molecule has 0 atom stereocenters. The van der Waals surface area contributed by atoms with Crippen LogP contribution in [0.5, 0.6) is 5.75 Å². The lowest BCUT2D eigenvalue weighted by Crippen LogP contribution is -2.49. The van der Waals surface area contributed by atoms with Gasteiger partial charge in [-0.15, -0.1) is 0 Å². The zero-order chi connectivity index (χ0) is 17.9. The van der Waals surface area contributed by atoms with Gasteiger partial charge in [-0.2, -0.15) is 0 Å². The van der Waals surface area contributed by atoms with Gasteiger partial charge in [-0.1, -0.05) is 24.3 Å². The summed E-state index contributed by atoms with van der Waals surface area (Å²) < 4.78 is 5.43. The molecule has 0 N–H and O–H groups in total. The van der Waals surface area contributed by atoms with E-state index < -0.39 is 0 Å². The molecule has 0 bridgehead atoms. The van der Waals surface area contributed by atoms with Crippen molar-refractivity contribution in [3.05, 3.63) is 60.4 Å². The highest BCUT2D eigenvalue weighted by molar-refractivity contribution is 6.08. The van der Waals surface area contributed by atoms with E-state index in [1.807, 2.05) is 47.4 Å². The molecule has 1 aliphatic rings. The number of carbonyl (C=O) groups excluding carboxylic acids is 1. The number of para-hydroxylation sites is 1. The third-order valence-electron chi connectivity index (χ3n) is 4.71. The molecule has 0 saturated carbocycles. The monoisotopic (exact) mass is 348 g/mol. The molecule has 0 radical (unpaired) electrons. The van der Waals surface area contributed by atoms with E-state index >= 15 is 0 Å². The van der Waals surface area contributed by atoms with Crippen LogP contribution in [0, 0.1) is 0 Å². The lowest BCUT2D eigenvalue weighted by Gasteiger charge is -2.35. The molecule has 26 heavy (non-hydrogen) atoms. The van der Waals surface area contributed by atoms with E-state index in [2.05, 4.69) is 14.9 Å². The van der Waals surface area contributed by atoms with Crippen molar-refractivity contribution >= 4 is 22.6 Å². The molecule has 2 aromatic heterocycles. The molecule has 132 valence electrons. The standard InChI is InChI=1S/C20H20N4O2/c1-26-17-14-22-16-7-3-2-6-15(16)19(17)20(25)24-12-10-23(11-13-24)18-8-4-5-9-21-18/h2-9,14H,10-13H2,1H3. The van der Waals surface area contributed by atoms with Crippen LogP contribution in [0.2, 0.25) is 0 Å². The number of hydrogen-bond donors (Lipinski definition) is 0. The van der Waals surface area contributed by atoms with E-state index in [1.54, 1.807) is 19.5 Å². The average Bonchev–Trinajstić information content (AvgIpc) is 2.73. The smallest absolute Gasteiger partial charge is 0.258 e. The first-order valence-electron chi connectivity index (χ1n) is 8.65. The van der Waals surface area contributed by atoms with Crippen molar-refractivity contribution in [3.8, 4) is 5.75 Å². The maximum atomic E-state index is 13.2. The SMILES string of the molecule is COc1cnc2ccccc2c1C(=O)N1CCN(c2ccccn2)CC1. The van der Waals surface area contributed by atoms with E-state index in [0.717, 1.165) is 29.8 Å². The Morgan fingerprint density at radius 3 is 2.50 bits per heavy atom. The Balaban J connectivity index is 1.58. The normalized spacial score (nSPS) is 14.5. The van der Waals surface area contributed by atoms with Gasteiger partial charge in [-0.3, -0.25) is 9.78 Å². The highest BCUT2D eigenvalue weighted by Crippen LogP contribution is 2.28. The van der Waals surface area contributed by atoms with Gasteiger partial charge in [0.05, 0.1) is 24.4 Å². The number of amides is 1. The summed E-state index contributed by atoms with van der Waals surface area (Å²) >= 11 is 0. The van der Waals surface area contributed by atoms with Crippen LogP contribution in [0.4, 0.5) is 5.82 Å². The quantitative estimate of drug-likeness (QED) is 0.728. The van der Waals surface area contributed by atoms with Gasteiger partial charge in [0.15, 0.2) is 5.75 Å². The first kappa shape index (κ1) is 16.3. The predicted octanol–water partition coefficient (Wildman–Crippen LogP) is 2.60. The van der Waals surface area contributed by atoms with E-state index in [9.17, 15) is 4.79 Å². The van der Waals surface area contributed by atoms with Crippen molar-refractivity contribution in [2.45, 2.75) is 0 Å². The number of rotatable bonds is 3. The van der Waals surface area contributed by atoms with Crippen molar-refractivity contribution in [3.63, 3.8) is 0 Å². The second-order valence-corrected chi connectivity index (χ2v) is 6.19. The summed E-state index contributed by atoms with van der Waals surface area (Å²) in [5.41, 5.74) is 1.38. The number of methoxy groups -OCH3 is 1. The van der Waals surface area contributed by atoms with Crippen molar-refractivity contribution in [2.24, 2.45) is 0 Å². The molecule has 0 spiro atoms. The van der Waals surface area contributed by atoms with Crippen LogP contribution >= 0.6 is 0 Å².